The maximum absolute atomic E-state index is 12.0. The first kappa shape index (κ1) is 19.8. The van der Waals surface area contributed by atoms with Crippen molar-refractivity contribution in [1.29, 1.82) is 0 Å². The summed E-state index contributed by atoms with van der Waals surface area (Å²) >= 11 is 1.35. The quantitative estimate of drug-likeness (QED) is 0.589. The molecule has 0 spiro atoms. The normalized spacial score (nSPS) is 10.3. The van der Waals surface area contributed by atoms with E-state index in [9.17, 15) is 9.59 Å². The molecule has 0 fully saturated rings. The van der Waals surface area contributed by atoms with Crippen molar-refractivity contribution in [3.8, 4) is 5.75 Å². The van der Waals surface area contributed by atoms with E-state index in [1.54, 1.807) is 7.11 Å². The fraction of sp³-hybridized carbons (Fsp3) is 0.300. The molecule has 0 aromatic heterocycles. The third-order valence-corrected chi connectivity index (χ3v) is 4.71. The van der Waals surface area contributed by atoms with Gasteiger partial charge in [0.25, 0.3) is 5.91 Å². The van der Waals surface area contributed by atoms with E-state index in [-0.39, 0.29) is 18.3 Å². The van der Waals surface area contributed by atoms with Gasteiger partial charge in [-0.25, -0.2) is 0 Å². The predicted molar refractivity (Wildman–Crippen MR) is 104 cm³/mol. The van der Waals surface area contributed by atoms with Gasteiger partial charge < -0.3 is 14.8 Å². The number of aryl methyl sites for hydroxylation is 3. The van der Waals surface area contributed by atoms with Gasteiger partial charge in [0.15, 0.2) is 6.61 Å². The molecule has 1 N–H and O–H groups in total. The summed E-state index contributed by atoms with van der Waals surface area (Å²) in [5.74, 6) is 0.124. The predicted octanol–water partition coefficient (Wildman–Crippen LogP) is 3.89. The van der Waals surface area contributed by atoms with Crippen molar-refractivity contribution in [2.45, 2.75) is 25.7 Å². The molecule has 2 rings (SSSR count). The largest absolute Gasteiger partial charge is 0.497 e. The summed E-state index contributed by atoms with van der Waals surface area (Å²) < 4.78 is 10.1. The molecule has 2 aromatic carbocycles. The van der Waals surface area contributed by atoms with Gasteiger partial charge in [-0.1, -0.05) is 17.7 Å². The fourth-order valence-electron chi connectivity index (χ4n) is 2.55. The second kappa shape index (κ2) is 9.29. The van der Waals surface area contributed by atoms with Gasteiger partial charge >= 0.3 is 5.97 Å². The summed E-state index contributed by atoms with van der Waals surface area (Å²) in [7, 11) is 1.60. The van der Waals surface area contributed by atoms with E-state index < -0.39 is 5.97 Å². The topological polar surface area (TPSA) is 64.6 Å². The number of methoxy groups -OCH3 is 1. The van der Waals surface area contributed by atoms with Crippen molar-refractivity contribution in [2.75, 3.05) is 24.8 Å². The monoisotopic (exact) mass is 373 g/mol. The molecule has 6 heteroatoms. The Hall–Kier alpha value is -2.47. The Labute approximate surface area is 158 Å². The number of nitrogens with one attached hydrogen (secondary N) is 1. The van der Waals surface area contributed by atoms with Crippen molar-refractivity contribution in [2.24, 2.45) is 0 Å². The van der Waals surface area contributed by atoms with E-state index in [0.29, 0.717) is 0 Å². The molecule has 1 amide bonds. The number of thioether (sulfide) groups is 1. The Balaban J connectivity index is 1.78. The molecule has 0 aliphatic heterocycles. The van der Waals surface area contributed by atoms with Crippen LogP contribution in [0.1, 0.15) is 16.7 Å². The lowest BCUT2D eigenvalue weighted by molar-refractivity contribution is -0.144. The lowest BCUT2D eigenvalue weighted by Crippen LogP contribution is -2.22. The summed E-state index contributed by atoms with van der Waals surface area (Å²) in [5, 5.41) is 2.81. The number of hydrogen-bond acceptors (Lipinski definition) is 5. The second-order valence-electron chi connectivity index (χ2n) is 5.95. The van der Waals surface area contributed by atoms with Crippen molar-refractivity contribution in [3.05, 3.63) is 53.1 Å². The number of esters is 1. The second-order valence-corrected chi connectivity index (χ2v) is 7.00. The molecule has 0 radical (unpaired) electrons. The third-order valence-electron chi connectivity index (χ3n) is 3.72. The van der Waals surface area contributed by atoms with Crippen LogP contribution >= 0.6 is 11.8 Å². The highest BCUT2D eigenvalue weighted by atomic mass is 32.2. The van der Waals surface area contributed by atoms with Gasteiger partial charge in [0.05, 0.1) is 12.9 Å². The molecular weight excluding hydrogens is 350 g/mol. The lowest BCUT2D eigenvalue weighted by atomic mass is 10.1. The average Bonchev–Trinajstić information content (AvgIpc) is 2.61. The fourth-order valence-corrected chi connectivity index (χ4v) is 3.25. The first-order valence-corrected chi connectivity index (χ1v) is 9.17. The molecule has 0 bridgehead atoms. The maximum Gasteiger partial charge on any atom is 0.316 e. The van der Waals surface area contributed by atoms with Gasteiger partial charge in [-0.2, -0.15) is 0 Å². The van der Waals surface area contributed by atoms with Gasteiger partial charge in [-0.05, 0) is 56.2 Å². The van der Waals surface area contributed by atoms with Gasteiger partial charge in [0, 0.05) is 10.6 Å². The van der Waals surface area contributed by atoms with Crippen molar-refractivity contribution >= 4 is 29.3 Å². The summed E-state index contributed by atoms with van der Waals surface area (Å²) in [4.78, 5) is 24.8. The highest BCUT2D eigenvalue weighted by Gasteiger charge is 2.11. The first-order chi connectivity index (χ1) is 12.4. The van der Waals surface area contributed by atoms with E-state index in [1.165, 1.54) is 11.8 Å². The molecule has 0 unspecified atom stereocenters. The SMILES string of the molecule is COc1ccc(SCC(=O)OCC(=O)Nc2c(C)cc(C)cc2C)cc1. The van der Waals surface area contributed by atoms with Crippen LogP contribution in [0.2, 0.25) is 0 Å². The highest BCUT2D eigenvalue weighted by molar-refractivity contribution is 8.00. The molecule has 0 saturated carbocycles. The van der Waals surface area contributed by atoms with E-state index in [2.05, 4.69) is 5.32 Å². The van der Waals surface area contributed by atoms with Crippen LogP contribution in [-0.4, -0.2) is 31.3 Å². The van der Waals surface area contributed by atoms with Crippen LogP contribution in [0.4, 0.5) is 5.69 Å². The number of hydrogen-bond donors (Lipinski definition) is 1. The number of ether oxygens (including phenoxy) is 2. The minimum absolute atomic E-state index is 0.141. The van der Waals surface area contributed by atoms with Crippen LogP contribution in [0, 0.1) is 20.8 Å². The Morgan fingerprint density at radius 1 is 1.04 bits per heavy atom. The maximum atomic E-state index is 12.0. The summed E-state index contributed by atoms with van der Waals surface area (Å²) in [6.45, 7) is 5.59. The van der Waals surface area contributed by atoms with Crippen LogP contribution in [0.3, 0.4) is 0 Å². The zero-order valence-electron chi connectivity index (χ0n) is 15.4. The number of anilines is 1. The van der Waals surface area contributed by atoms with Crippen molar-refractivity contribution in [1.82, 2.24) is 0 Å². The highest BCUT2D eigenvalue weighted by Crippen LogP contribution is 2.22. The van der Waals surface area contributed by atoms with Gasteiger partial charge in [-0.15, -0.1) is 11.8 Å². The molecule has 2 aromatic rings. The molecule has 138 valence electrons. The van der Waals surface area contributed by atoms with Crippen LogP contribution in [0.15, 0.2) is 41.3 Å². The number of benzene rings is 2. The van der Waals surface area contributed by atoms with Crippen LogP contribution in [0.5, 0.6) is 5.75 Å². The molecular formula is C20H23NO4S. The number of carbonyl (C=O) groups excluding carboxylic acids is 2. The van der Waals surface area contributed by atoms with E-state index in [4.69, 9.17) is 9.47 Å². The van der Waals surface area contributed by atoms with E-state index >= 15 is 0 Å². The molecule has 0 atom stereocenters. The first-order valence-electron chi connectivity index (χ1n) is 8.19. The van der Waals surface area contributed by atoms with Crippen LogP contribution in [0.25, 0.3) is 0 Å². The molecule has 0 aliphatic rings. The third kappa shape index (κ3) is 5.81. The Bertz CT molecular complexity index is 764. The Morgan fingerprint density at radius 2 is 1.65 bits per heavy atom. The van der Waals surface area contributed by atoms with E-state index in [0.717, 1.165) is 33.0 Å². The van der Waals surface area contributed by atoms with Crippen LogP contribution in [-0.2, 0) is 14.3 Å². The summed E-state index contributed by atoms with van der Waals surface area (Å²) in [6, 6.07) is 11.4. The number of rotatable bonds is 7. The average molecular weight is 373 g/mol. The number of carbonyl (C=O) groups is 2. The van der Waals surface area contributed by atoms with E-state index in [1.807, 2.05) is 57.2 Å². The molecule has 0 aliphatic carbocycles. The van der Waals surface area contributed by atoms with Gasteiger partial charge in [0.1, 0.15) is 5.75 Å². The Kier molecular flexibility index (Phi) is 7.09. The molecule has 0 saturated heterocycles. The standard InChI is InChI=1S/C20H23NO4S/c1-13-9-14(2)20(15(3)10-13)21-18(22)11-25-19(23)12-26-17-7-5-16(24-4)6-8-17/h5-10H,11-12H2,1-4H3,(H,21,22). The number of amides is 1. The molecule has 0 heterocycles. The minimum atomic E-state index is -0.432. The molecule has 26 heavy (non-hydrogen) atoms. The smallest absolute Gasteiger partial charge is 0.316 e. The molecule has 5 nitrogen and oxygen atoms in total. The lowest BCUT2D eigenvalue weighted by Gasteiger charge is -2.13. The van der Waals surface area contributed by atoms with Gasteiger partial charge in [-0.3, -0.25) is 9.59 Å². The minimum Gasteiger partial charge on any atom is -0.497 e. The summed E-state index contributed by atoms with van der Waals surface area (Å²) in [5.41, 5.74) is 3.87. The zero-order chi connectivity index (χ0) is 19.1. The Morgan fingerprint density at radius 3 is 2.23 bits per heavy atom. The van der Waals surface area contributed by atoms with Crippen LogP contribution < -0.4 is 10.1 Å². The van der Waals surface area contributed by atoms with Gasteiger partial charge in [0.2, 0.25) is 0 Å². The van der Waals surface area contributed by atoms with Crippen molar-refractivity contribution < 1.29 is 19.1 Å². The zero-order valence-corrected chi connectivity index (χ0v) is 16.2. The summed E-state index contributed by atoms with van der Waals surface area (Å²) in [6.07, 6.45) is 0. The van der Waals surface area contributed by atoms with Crippen molar-refractivity contribution in [3.63, 3.8) is 0 Å².